The summed E-state index contributed by atoms with van der Waals surface area (Å²) in [6.07, 6.45) is 1.99. The zero-order valence-corrected chi connectivity index (χ0v) is 11.2. The lowest BCUT2D eigenvalue weighted by atomic mass is 10.1. The van der Waals surface area contributed by atoms with Crippen LogP contribution < -0.4 is 14.8 Å². The van der Waals surface area contributed by atoms with Gasteiger partial charge in [0.1, 0.15) is 0 Å². The van der Waals surface area contributed by atoms with Gasteiger partial charge in [-0.25, -0.2) is 4.79 Å². The number of Topliss-reactive ketones (excluding diaryl/α,β-unsaturated/α-hetero) is 1. The van der Waals surface area contributed by atoms with Crippen molar-refractivity contribution in [3.63, 3.8) is 0 Å². The second kappa shape index (κ2) is 6.08. The zero-order chi connectivity index (χ0) is 15.4. The normalized spacial score (nSPS) is 12.4. The molecule has 7 heteroatoms. The number of rotatable bonds is 5. The van der Waals surface area contributed by atoms with Gasteiger partial charge in [0.2, 0.25) is 12.7 Å². The number of nitrogens with one attached hydrogen (secondary N) is 1. The summed E-state index contributed by atoms with van der Waals surface area (Å²) in [6, 6.07) is 3.02. The van der Waals surface area contributed by atoms with E-state index < -0.39 is 11.9 Å². The Kier molecular flexibility index (Phi) is 4.22. The molecule has 0 unspecified atom stereocenters. The van der Waals surface area contributed by atoms with Crippen molar-refractivity contribution in [2.75, 3.05) is 12.1 Å². The largest absolute Gasteiger partial charge is 0.478 e. The van der Waals surface area contributed by atoms with Gasteiger partial charge < -0.3 is 19.9 Å². The molecule has 2 N–H and O–H groups in total. The van der Waals surface area contributed by atoms with Crippen LogP contribution in [0.15, 0.2) is 24.3 Å². The van der Waals surface area contributed by atoms with Gasteiger partial charge in [-0.05, 0) is 13.0 Å². The summed E-state index contributed by atoms with van der Waals surface area (Å²) in [7, 11) is 0. The van der Waals surface area contributed by atoms with Crippen LogP contribution in [0.1, 0.15) is 23.7 Å². The smallest absolute Gasteiger partial charge is 0.327 e. The topological polar surface area (TPSA) is 102 Å². The summed E-state index contributed by atoms with van der Waals surface area (Å²) in [5.41, 5.74) is 0.607. The van der Waals surface area contributed by atoms with Crippen molar-refractivity contribution in [3.05, 3.63) is 29.8 Å². The van der Waals surface area contributed by atoms with Crippen LogP contribution in [-0.4, -0.2) is 29.6 Å². The first kappa shape index (κ1) is 14.6. The molecule has 0 bridgehead atoms. The third kappa shape index (κ3) is 3.59. The number of carboxylic acid groups (broad SMARTS) is 1. The van der Waals surface area contributed by atoms with Gasteiger partial charge in [-0.15, -0.1) is 0 Å². The maximum atomic E-state index is 11.7. The molecule has 0 saturated carbocycles. The number of carbonyl (C=O) groups excluding carboxylic acids is 2. The van der Waals surface area contributed by atoms with Crippen LogP contribution in [0.4, 0.5) is 5.69 Å². The highest BCUT2D eigenvalue weighted by Gasteiger charge is 2.20. The Morgan fingerprint density at radius 2 is 1.95 bits per heavy atom. The zero-order valence-electron chi connectivity index (χ0n) is 11.2. The number of ketones is 1. The first-order chi connectivity index (χ1) is 9.97. The van der Waals surface area contributed by atoms with Crippen molar-refractivity contribution in [3.8, 4) is 11.5 Å². The number of hydrogen-bond acceptors (Lipinski definition) is 5. The number of hydrogen-bond donors (Lipinski definition) is 2. The fraction of sp³-hybridized carbons (Fsp3) is 0.214. The van der Waals surface area contributed by atoms with Gasteiger partial charge in [-0.3, -0.25) is 9.59 Å². The minimum absolute atomic E-state index is 0.0609. The number of fused-ring (bicyclic) bond motifs is 1. The predicted octanol–water partition coefficient (Wildman–Crippen LogP) is 1.59. The lowest BCUT2D eigenvalue weighted by molar-refractivity contribution is -0.131. The fourth-order valence-corrected chi connectivity index (χ4v) is 1.80. The van der Waals surface area contributed by atoms with E-state index in [-0.39, 0.29) is 19.0 Å². The second-order valence-corrected chi connectivity index (χ2v) is 4.30. The SMILES string of the molecule is CC(=O)c1cc2c(cc1NC(=O)CC=CC(=O)O)OCO2. The van der Waals surface area contributed by atoms with Crippen molar-refractivity contribution >= 4 is 23.3 Å². The number of benzene rings is 1. The molecule has 1 aromatic rings. The van der Waals surface area contributed by atoms with Crippen molar-refractivity contribution < 1.29 is 29.0 Å². The van der Waals surface area contributed by atoms with Crippen molar-refractivity contribution in [2.24, 2.45) is 0 Å². The first-order valence-corrected chi connectivity index (χ1v) is 6.11. The van der Waals surface area contributed by atoms with E-state index in [1.165, 1.54) is 25.1 Å². The molecule has 1 aromatic carbocycles. The molecule has 1 aliphatic heterocycles. The van der Waals surface area contributed by atoms with Gasteiger partial charge in [0, 0.05) is 24.1 Å². The quantitative estimate of drug-likeness (QED) is 0.631. The van der Waals surface area contributed by atoms with E-state index in [9.17, 15) is 14.4 Å². The van der Waals surface area contributed by atoms with Gasteiger partial charge in [0.15, 0.2) is 17.3 Å². The number of carbonyl (C=O) groups is 3. The van der Waals surface area contributed by atoms with Crippen LogP contribution in [0.2, 0.25) is 0 Å². The Labute approximate surface area is 120 Å². The average molecular weight is 291 g/mol. The Bertz CT molecular complexity index is 635. The van der Waals surface area contributed by atoms with Crippen LogP contribution in [-0.2, 0) is 9.59 Å². The van der Waals surface area contributed by atoms with Gasteiger partial charge >= 0.3 is 5.97 Å². The van der Waals surface area contributed by atoms with E-state index in [1.807, 2.05) is 0 Å². The average Bonchev–Trinajstić information content (AvgIpc) is 2.84. The molecular weight excluding hydrogens is 278 g/mol. The molecule has 7 nitrogen and oxygen atoms in total. The highest BCUT2D eigenvalue weighted by molar-refractivity contribution is 6.04. The highest BCUT2D eigenvalue weighted by Crippen LogP contribution is 2.37. The molecule has 21 heavy (non-hydrogen) atoms. The highest BCUT2D eigenvalue weighted by atomic mass is 16.7. The Morgan fingerprint density at radius 1 is 1.29 bits per heavy atom. The van der Waals surface area contributed by atoms with Gasteiger partial charge in [-0.2, -0.15) is 0 Å². The molecule has 0 saturated heterocycles. The lowest BCUT2D eigenvalue weighted by Crippen LogP contribution is -2.13. The van der Waals surface area contributed by atoms with E-state index in [4.69, 9.17) is 14.6 Å². The van der Waals surface area contributed by atoms with Gasteiger partial charge in [0.05, 0.1) is 5.69 Å². The second-order valence-electron chi connectivity index (χ2n) is 4.30. The predicted molar refractivity (Wildman–Crippen MR) is 72.6 cm³/mol. The van der Waals surface area contributed by atoms with Crippen LogP contribution in [0.25, 0.3) is 0 Å². The van der Waals surface area contributed by atoms with E-state index >= 15 is 0 Å². The van der Waals surface area contributed by atoms with E-state index in [2.05, 4.69) is 5.32 Å². The number of ether oxygens (including phenoxy) is 2. The third-order valence-electron chi connectivity index (χ3n) is 2.73. The van der Waals surface area contributed by atoms with Crippen LogP contribution >= 0.6 is 0 Å². The molecule has 1 aliphatic rings. The first-order valence-electron chi connectivity index (χ1n) is 6.11. The Balaban J connectivity index is 2.17. The summed E-state index contributed by atoms with van der Waals surface area (Å²) in [4.78, 5) is 33.7. The summed E-state index contributed by atoms with van der Waals surface area (Å²) >= 11 is 0. The summed E-state index contributed by atoms with van der Waals surface area (Å²) < 4.78 is 10.4. The van der Waals surface area contributed by atoms with E-state index in [1.54, 1.807) is 0 Å². The van der Waals surface area contributed by atoms with Crippen LogP contribution in [0.5, 0.6) is 11.5 Å². The minimum Gasteiger partial charge on any atom is -0.478 e. The lowest BCUT2D eigenvalue weighted by Gasteiger charge is -2.09. The van der Waals surface area contributed by atoms with Crippen LogP contribution in [0, 0.1) is 0 Å². The molecule has 110 valence electrons. The molecular formula is C14H13NO6. The molecule has 0 spiro atoms. The van der Waals surface area contributed by atoms with Crippen LogP contribution in [0.3, 0.4) is 0 Å². The molecule has 2 rings (SSSR count). The van der Waals surface area contributed by atoms with E-state index in [0.717, 1.165) is 6.08 Å². The summed E-state index contributed by atoms with van der Waals surface area (Å²) in [5, 5.41) is 11.0. The summed E-state index contributed by atoms with van der Waals surface area (Å²) in [5.74, 6) is -0.908. The monoisotopic (exact) mass is 291 g/mol. The maximum Gasteiger partial charge on any atom is 0.327 e. The van der Waals surface area contributed by atoms with E-state index in [0.29, 0.717) is 22.7 Å². The molecule has 0 radical (unpaired) electrons. The Morgan fingerprint density at radius 3 is 2.57 bits per heavy atom. The number of aliphatic carboxylic acids is 1. The molecule has 0 atom stereocenters. The standard InChI is InChI=1S/C14H13NO6/c1-8(16)9-5-11-12(21-7-20-11)6-10(9)15-13(17)3-2-4-14(18)19/h2,4-6H,3,7H2,1H3,(H,15,17)(H,18,19). The minimum atomic E-state index is -1.13. The number of anilines is 1. The summed E-state index contributed by atoms with van der Waals surface area (Å²) in [6.45, 7) is 1.43. The number of amides is 1. The fourth-order valence-electron chi connectivity index (χ4n) is 1.80. The van der Waals surface area contributed by atoms with Crippen molar-refractivity contribution in [2.45, 2.75) is 13.3 Å². The van der Waals surface area contributed by atoms with Crippen molar-refractivity contribution in [1.82, 2.24) is 0 Å². The van der Waals surface area contributed by atoms with Gasteiger partial charge in [-0.1, -0.05) is 6.08 Å². The maximum absolute atomic E-state index is 11.7. The molecule has 1 heterocycles. The molecule has 1 amide bonds. The molecule has 0 aliphatic carbocycles. The third-order valence-corrected chi connectivity index (χ3v) is 2.73. The molecule has 0 aromatic heterocycles. The number of carboxylic acids is 1. The van der Waals surface area contributed by atoms with Gasteiger partial charge in [0.25, 0.3) is 0 Å². The molecule has 0 fully saturated rings. The van der Waals surface area contributed by atoms with Crippen molar-refractivity contribution in [1.29, 1.82) is 0 Å². The Hall–Kier alpha value is -2.83.